The summed E-state index contributed by atoms with van der Waals surface area (Å²) in [7, 11) is 0. The van der Waals surface area contributed by atoms with Crippen LogP contribution in [0.5, 0.6) is 5.88 Å². The van der Waals surface area contributed by atoms with Gasteiger partial charge in [-0.3, -0.25) is 4.98 Å². The first-order valence-corrected chi connectivity index (χ1v) is 8.02. The molecular weight excluding hydrogens is 373 g/mol. The van der Waals surface area contributed by atoms with Gasteiger partial charge in [0.15, 0.2) is 5.15 Å². The number of ether oxygens (including phenoxy) is 1. The zero-order chi connectivity index (χ0) is 18.7. The van der Waals surface area contributed by atoms with Gasteiger partial charge in [-0.2, -0.15) is 18.2 Å². The number of carbonyl (C=O) groups excluding carboxylic acids is 1. The molecule has 0 aliphatic carbocycles. The van der Waals surface area contributed by atoms with Crippen LogP contribution in [0.15, 0.2) is 36.7 Å². The van der Waals surface area contributed by atoms with Gasteiger partial charge in [0.1, 0.15) is 0 Å². The lowest BCUT2D eigenvalue weighted by Crippen LogP contribution is -2.53. The highest BCUT2D eigenvalue weighted by Gasteiger charge is 2.33. The summed E-state index contributed by atoms with van der Waals surface area (Å²) in [4.78, 5) is 21.3. The van der Waals surface area contributed by atoms with Gasteiger partial charge in [0.25, 0.3) is 0 Å². The molecule has 138 valence electrons. The molecule has 1 aromatic heterocycles. The lowest BCUT2D eigenvalue weighted by molar-refractivity contribution is -0.137. The molecule has 0 saturated carbocycles. The van der Waals surface area contributed by atoms with Crippen LogP contribution < -0.4 is 10.1 Å². The maximum Gasteiger partial charge on any atom is 0.416 e. The molecule has 6 nitrogen and oxygen atoms in total. The number of hydrogen-bond donors (Lipinski definition) is 1. The highest BCUT2D eigenvalue weighted by molar-refractivity contribution is 6.29. The van der Waals surface area contributed by atoms with Crippen molar-refractivity contribution in [2.75, 3.05) is 25.0 Å². The van der Waals surface area contributed by atoms with E-state index in [4.69, 9.17) is 16.3 Å². The molecule has 2 heterocycles. The SMILES string of the molecule is O=C(Nc1cccc(C(F)(F)F)c1)N1CC(COc2cncc(Cl)n2)C1. The van der Waals surface area contributed by atoms with E-state index < -0.39 is 17.8 Å². The Morgan fingerprint density at radius 2 is 2.12 bits per heavy atom. The van der Waals surface area contributed by atoms with E-state index in [0.717, 1.165) is 12.1 Å². The zero-order valence-corrected chi connectivity index (χ0v) is 14.1. The van der Waals surface area contributed by atoms with E-state index in [1.165, 1.54) is 29.4 Å². The molecule has 1 aliphatic rings. The van der Waals surface area contributed by atoms with Gasteiger partial charge in [0.05, 0.1) is 24.6 Å². The van der Waals surface area contributed by atoms with Crippen LogP contribution in [-0.4, -0.2) is 40.6 Å². The summed E-state index contributed by atoms with van der Waals surface area (Å²) in [6.07, 6.45) is -1.64. The van der Waals surface area contributed by atoms with Crippen LogP contribution in [0.1, 0.15) is 5.56 Å². The Morgan fingerprint density at radius 1 is 1.35 bits per heavy atom. The standard InChI is InChI=1S/C16H14ClF3N4O2/c17-13-5-21-6-14(23-13)26-9-10-7-24(8-10)15(25)22-12-3-1-2-11(4-12)16(18,19)20/h1-6,10H,7-9H2,(H,22,25). The van der Waals surface area contributed by atoms with Crippen molar-refractivity contribution in [3.8, 4) is 5.88 Å². The van der Waals surface area contributed by atoms with Gasteiger partial charge in [-0.15, -0.1) is 0 Å². The molecule has 2 aromatic rings. The van der Waals surface area contributed by atoms with Crippen LogP contribution in [-0.2, 0) is 6.18 Å². The third-order valence-electron chi connectivity index (χ3n) is 3.74. The molecule has 10 heteroatoms. The van der Waals surface area contributed by atoms with Gasteiger partial charge < -0.3 is 15.0 Å². The summed E-state index contributed by atoms with van der Waals surface area (Å²) in [5.41, 5.74) is -0.716. The number of hydrogen-bond acceptors (Lipinski definition) is 4. The second-order valence-corrected chi connectivity index (χ2v) is 6.16. The van der Waals surface area contributed by atoms with Gasteiger partial charge in [-0.25, -0.2) is 4.79 Å². The van der Waals surface area contributed by atoms with E-state index in [1.54, 1.807) is 0 Å². The molecule has 0 radical (unpaired) electrons. The molecule has 1 aromatic carbocycles. The Balaban J connectivity index is 1.46. The molecule has 0 unspecified atom stereocenters. The number of nitrogens with zero attached hydrogens (tertiary/aromatic N) is 3. The topological polar surface area (TPSA) is 67.4 Å². The average Bonchev–Trinajstić information content (AvgIpc) is 2.53. The number of rotatable bonds is 4. The number of anilines is 1. The smallest absolute Gasteiger partial charge is 0.416 e. The minimum atomic E-state index is -4.46. The minimum Gasteiger partial charge on any atom is -0.476 e. The van der Waals surface area contributed by atoms with Crippen molar-refractivity contribution in [3.05, 3.63) is 47.4 Å². The molecule has 26 heavy (non-hydrogen) atoms. The van der Waals surface area contributed by atoms with Crippen LogP contribution in [0.4, 0.5) is 23.7 Å². The minimum absolute atomic E-state index is 0.0960. The molecule has 1 N–H and O–H groups in total. The fraction of sp³-hybridized carbons (Fsp3) is 0.312. The Kier molecular flexibility index (Phi) is 5.17. The number of halogens is 4. The van der Waals surface area contributed by atoms with Gasteiger partial charge >= 0.3 is 12.2 Å². The highest BCUT2D eigenvalue weighted by atomic mass is 35.5. The molecule has 0 atom stereocenters. The van der Waals surface area contributed by atoms with E-state index >= 15 is 0 Å². The van der Waals surface area contributed by atoms with Crippen molar-refractivity contribution in [2.24, 2.45) is 5.92 Å². The number of alkyl halides is 3. The van der Waals surface area contributed by atoms with Crippen LogP contribution >= 0.6 is 11.6 Å². The van der Waals surface area contributed by atoms with Crippen molar-refractivity contribution in [1.82, 2.24) is 14.9 Å². The van der Waals surface area contributed by atoms with Crippen molar-refractivity contribution in [2.45, 2.75) is 6.18 Å². The highest BCUT2D eigenvalue weighted by Crippen LogP contribution is 2.31. The van der Waals surface area contributed by atoms with Gasteiger partial charge in [-0.05, 0) is 18.2 Å². The number of benzene rings is 1. The second kappa shape index (κ2) is 7.36. The van der Waals surface area contributed by atoms with Crippen molar-refractivity contribution in [3.63, 3.8) is 0 Å². The summed E-state index contributed by atoms with van der Waals surface area (Å²) in [6, 6.07) is 4.05. The van der Waals surface area contributed by atoms with Gasteiger partial charge in [0.2, 0.25) is 5.88 Å². The number of urea groups is 1. The average molecular weight is 387 g/mol. The molecule has 1 saturated heterocycles. The Hall–Kier alpha value is -2.55. The predicted octanol–water partition coefficient (Wildman–Crippen LogP) is 3.69. The van der Waals surface area contributed by atoms with Crippen molar-refractivity contribution >= 4 is 23.3 Å². The summed E-state index contributed by atoms with van der Waals surface area (Å²) in [5, 5.41) is 2.69. The molecule has 3 rings (SSSR count). The number of likely N-dealkylation sites (tertiary alicyclic amines) is 1. The Bertz CT molecular complexity index is 797. The molecule has 0 bridgehead atoms. The summed E-state index contributed by atoms with van der Waals surface area (Å²) < 4.78 is 43.5. The van der Waals surface area contributed by atoms with Crippen LogP contribution in [0.25, 0.3) is 0 Å². The number of nitrogens with one attached hydrogen (secondary N) is 1. The largest absolute Gasteiger partial charge is 0.476 e. The Morgan fingerprint density at radius 3 is 2.81 bits per heavy atom. The first-order valence-electron chi connectivity index (χ1n) is 7.65. The van der Waals surface area contributed by atoms with E-state index in [2.05, 4.69) is 15.3 Å². The molecule has 1 aliphatic heterocycles. The van der Waals surface area contributed by atoms with Crippen molar-refractivity contribution < 1.29 is 22.7 Å². The van der Waals surface area contributed by atoms with Gasteiger partial charge in [0, 0.05) is 24.7 Å². The quantitative estimate of drug-likeness (QED) is 0.870. The first-order chi connectivity index (χ1) is 12.3. The van der Waals surface area contributed by atoms with Crippen LogP contribution in [0.2, 0.25) is 5.15 Å². The van der Waals surface area contributed by atoms with Crippen LogP contribution in [0.3, 0.4) is 0 Å². The summed E-state index contributed by atoms with van der Waals surface area (Å²) in [6.45, 7) is 1.19. The van der Waals surface area contributed by atoms with E-state index in [1.807, 2.05) is 0 Å². The predicted molar refractivity (Wildman–Crippen MR) is 88.1 cm³/mol. The maximum atomic E-state index is 12.7. The normalized spacial score (nSPS) is 14.7. The number of amides is 2. The molecule has 2 amide bonds. The van der Waals surface area contributed by atoms with Gasteiger partial charge in [-0.1, -0.05) is 17.7 Å². The van der Waals surface area contributed by atoms with Crippen LogP contribution in [0, 0.1) is 5.92 Å². The third-order valence-corrected chi connectivity index (χ3v) is 3.92. The summed E-state index contributed by atoms with van der Waals surface area (Å²) in [5.74, 6) is 0.396. The molecular formula is C16H14ClF3N4O2. The lowest BCUT2D eigenvalue weighted by atomic mass is 10.0. The monoisotopic (exact) mass is 386 g/mol. The number of carbonyl (C=O) groups is 1. The van der Waals surface area contributed by atoms with E-state index in [-0.39, 0.29) is 16.8 Å². The second-order valence-electron chi connectivity index (χ2n) is 5.77. The maximum absolute atomic E-state index is 12.7. The lowest BCUT2D eigenvalue weighted by Gasteiger charge is -2.38. The fourth-order valence-corrected chi connectivity index (χ4v) is 2.55. The number of aromatic nitrogens is 2. The first kappa shape index (κ1) is 18.2. The molecule has 0 spiro atoms. The zero-order valence-electron chi connectivity index (χ0n) is 13.3. The fourth-order valence-electron chi connectivity index (χ4n) is 2.42. The summed E-state index contributed by atoms with van der Waals surface area (Å²) >= 11 is 5.70. The van der Waals surface area contributed by atoms with E-state index in [9.17, 15) is 18.0 Å². The molecule has 1 fully saturated rings. The van der Waals surface area contributed by atoms with E-state index in [0.29, 0.717) is 25.6 Å². The third kappa shape index (κ3) is 4.54. The Labute approximate surface area is 151 Å². The van der Waals surface area contributed by atoms with Crippen molar-refractivity contribution in [1.29, 1.82) is 0 Å².